The van der Waals surface area contributed by atoms with Crippen LogP contribution in [0.2, 0.25) is 0 Å². The Morgan fingerprint density at radius 2 is 2.00 bits per heavy atom. The van der Waals surface area contributed by atoms with E-state index in [1.165, 1.54) is 19.2 Å². The summed E-state index contributed by atoms with van der Waals surface area (Å²) in [5.41, 5.74) is 0.617. The van der Waals surface area contributed by atoms with E-state index >= 15 is 0 Å². The van der Waals surface area contributed by atoms with Gasteiger partial charge in [0.25, 0.3) is 5.91 Å². The molecule has 1 N–H and O–H groups in total. The molecule has 0 aliphatic carbocycles. The van der Waals surface area contributed by atoms with Crippen molar-refractivity contribution < 1.29 is 23.5 Å². The molecule has 1 amide bonds. The highest BCUT2D eigenvalue weighted by molar-refractivity contribution is 9.10. The van der Waals surface area contributed by atoms with Gasteiger partial charge in [0, 0.05) is 15.6 Å². The molecule has 2 aromatic rings. The Bertz CT molecular complexity index is 751. The lowest BCUT2D eigenvalue weighted by atomic mass is 10.2. The molecule has 0 aliphatic rings. The monoisotopic (exact) mass is 395 g/mol. The number of amides is 1. The van der Waals surface area contributed by atoms with Crippen LogP contribution in [-0.4, -0.2) is 25.5 Å². The third-order valence-corrected chi connectivity index (χ3v) is 3.62. The lowest BCUT2D eigenvalue weighted by Crippen LogP contribution is -2.30. The highest BCUT2D eigenvalue weighted by Gasteiger charge is 2.11. The molecule has 7 heteroatoms. The van der Waals surface area contributed by atoms with Crippen LogP contribution in [0, 0.1) is 5.82 Å². The van der Waals surface area contributed by atoms with E-state index in [9.17, 15) is 14.0 Å². The molecule has 126 valence electrons. The molecule has 2 rings (SSSR count). The van der Waals surface area contributed by atoms with Crippen LogP contribution in [0.1, 0.15) is 15.9 Å². The number of hydrogen-bond acceptors (Lipinski definition) is 4. The molecule has 5 nitrogen and oxygen atoms in total. The predicted molar refractivity (Wildman–Crippen MR) is 89.2 cm³/mol. The fourth-order valence-electron chi connectivity index (χ4n) is 1.87. The first-order valence-corrected chi connectivity index (χ1v) is 7.80. The average molecular weight is 396 g/mol. The average Bonchev–Trinajstić information content (AvgIpc) is 2.59. The van der Waals surface area contributed by atoms with Crippen LogP contribution in [0.25, 0.3) is 0 Å². The minimum absolute atomic E-state index is 0.201. The lowest BCUT2D eigenvalue weighted by Gasteiger charge is -2.08. The molecular formula is C17H15BrFNO4. The van der Waals surface area contributed by atoms with Crippen LogP contribution in [-0.2, 0) is 16.1 Å². The van der Waals surface area contributed by atoms with E-state index < -0.39 is 17.7 Å². The van der Waals surface area contributed by atoms with E-state index in [0.29, 0.717) is 15.8 Å². The first-order valence-electron chi connectivity index (χ1n) is 7.01. The molecule has 0 bridgehead atoms. The van der Waals surface area contributed by atoms with Crippen molar-refractivity contribution in [3.63, 3.8) is 0 Å². The molecule has 2 aromatic carbocycles. The Morgan fingerprint density at radius 3 is 2.71 bits per heavy atom. The maximum Gasteiger partial charge on any atom is 0.325 e. The Hall–Kier alpha value is -2.41. The van der Waals surface area contributed by atoms with Crippen molar-refractivity contribution in [3.8, 4) is 5.75 Å². The fraction of sp³-hybridized carbons (Fsp3) is 0.176. The van der Waals surface area contributed by atoms with Crippen LogP contribution in [0.15, 0.2) is 46.9 Å². The number of ether oxygens (including phenoxy) is 2. The predicted octanol–water partition coefficient (Wildman–Crippen LogP) is 3.07. The number of rotatable bonds is 6. The van der Waals surface area contributed by atoms with Gasteiger partial charge < -0.3 is 14.8 Å². The van der Waals surface area contributed by atoms with E-state index in [1.54, 1.807) is 30.3 Å². The zero-order chi connectivity index (χ0) is 17.5. The Kier molecular flexibility index (Phi) is 6.31. The molecule has 0 saturated heterocycles. The van der Waals surface area contributed by atoms with Crippen molar-refractivity contribution in [2.45, 2.75) is 6.61 Å². The van der Waals surface area contributed by atoms with Crippen LogP contribution >= 0.6 is 15.9 Å². The zero-order valence-electron chi connectivity index (χ0n) is 12.8. The Labute approximate surface area is 146 Å². The van der Waals surface area contributed by atoms with E-state index in [0.717, 1.165) is 0 Å². The maximum atomic E-state index is 13.6. The van der Waals surface area contributed by atoms with E-state index in [-0.39, 0.29) is 18.7 Å². The van der Waals surface area contributed by atoms with Crippen LogP contribution in [0.5, 0.6) is 5.75 Å². The molecule has 24 heavy (non-hydrogen) atoms. The summed E-state index contributed by atoms with van der Waals surface area (Å²) in [5.74, 6) is -1.03. The Morgan fingerprint density at radius 1 is 1.21 bits per heavy atom. The molecule has 0 saturated carbocycles. The maximum absolute atomic E-state index is 13.6. The summed E-state index contributed by atoms with van der Waals surface area (Å²) < 4.78 is 24.2. The van der Waals surface area contributed by atoms with E-state index in [1.807, 2.05) is 0 Å². The molecule has 0 fully saturated rings. The summed E-state index contributed by atoms with van der Waals surface area (Å²) in [6.45, 7) is -0.513. The van der Waals surface area contributed by atoms with Crippen molar-refractivity contribution >= 4 is 27.8 Å². The third kappa shape index (κ3) is 5.06. The zero-order valence-corrected chi connectivity index (χ0v) is 14.4. The molecular weight excluding hydrogens is 381 g/mol. The first kappa shape index (κ1) is 17.9. The number of methoxy groups -OCH3 is 1. The van der Waals surface area contributed by atoms with Crippen LogP contribution in [0.3, 0.4) is 0 Å². The first-order chi connectivity index (χ1) is 11.5. The minimum atomic E-state index is -0.659. The Balaban J connectivity index is 1.83. The van der Waals surface area contributed by atoms with Gasteiger partial charge in [0.1, 0.15) is 24.7 Å². The molecule has 0 radical (unpaired) electrons. The van der Waals surface area contributed by atoms with Crippen molar-refractivity contribution in [1.82, 2.24) is 5.32 Å². The molecule has 0 atom stereocenters. The summed E-state index contributed by atoms with van der Waals surface area (Å²) in [7, 11) is 1.50. The normalized spacial score (nSPS) is 10.1. The quantitative estimate of drug-likeness (QED) is 0.763. The molecule has 0 aromatic heterocycles. The van der Waals surface area contributed by atoms with E-state index in [2.05, 4.69) is 21.2 Å². The van der Waals surface area contributed by atoms with Crippen molar-refractivity contribution in [3.05, 3.63) is 63.9 Å². The van der Waals surface area contributed by atoms with E-state index in [4.69, 9.17) is 9.47 Å². The summed E-state index contributed by atoms with van der Waals surface area (Å²) in [6.07, 6.45) is 0. The highest BCUT2D eigenvalue weighted by Crippen LogP contribution is 2.16. The van der Waals surface area contributed by atoms with Gasteiger partial charge in [-0.3, -0.25) is 9.59 Å². The van der Waals surface area contributed by atoms with Crippen LogP contribution in [0.4, 0.5) is 4.39 Å². The summed E-state index contributed by atoms with van der Waals surface area (Å²) >= 11 is 3.15. The number of halogens is 2. The number of carbonyl (C=O) groups is 2. The molecule has 0 heterocycles. The van der Waals surface area contributed by atoms with Gasteiger partial charge in [0.05, 0.1) is 7.11 Å². The number of hydrogen-bond donors (Lipinski definition) is 1. The third-order valence-electron chi connectivity index (χ3n) is 3.13. The smallest absolute Gasteiger partial charge is 0.325 e. The standard InChI is InChI=1S/C17H15BrFNO4/c1-23-14-4-2-3-11(7-14)17(22)20-9-16(21)24-10-12-5-6-13(18)8-15(12)19/h2-8H,9-10H2,1H3,(H,20,22). The molecule has 0 aliphatic heterocycles. The van der Waals surface area contributed by atoms with Gasteiger partial charge in [-0.15, -0.1) is 0 Å². The van der Waals surface area contributed by atoms with Gasteiger partial charge >= 0.3 is 5.97 Å². The number of benzene rings is 2. The fourth-order valence-corrected chi connectivity index (χ4v) is 2.20. The SMILES string of the molecule is COc1cccc(C(=O)NCC(=O)OCc2ccc(Br)cc2F)c1. The van der Waals surface area contributed by atoms with Gasteiger partial charge in [-0.05, 0) is 30.3 Å². The van der Waals surface area contributed by atoms with Gasteiger partial charge in [-0.25, -0.2) is 4.39 Å². The van der Waals surface area contributed by atoms with Gasteiger partial charge in [0.15, 0.2) is 0 Å². The lowest BCUT2D eigenvalue weighted by molar-refractivity contribution is -0.143. The van der Waals surface area contributed by atoms with Gasteiger partial charge in [-0.2, -0.15) is 0 Å². The second-order valence-corrected chi connectivity index (χ2v) is 5.73. The van der Waals surface area contributed by atoms with Crippen molar-refractivity contribution in [2.24, 2.45) is 0 Å². The largest absolute Gasteiger partial charge is 0.497 e. The number of esters is 1. The molecule has 0 unspecified atom stereocenters. The minimum Gasteiger partial charge on any atom is -0.497 e. The summed E-state index contributed by atoms with van der Waals surface area (Å²) in [4.78, 5) is 23.6. The van der Waals surface area contributed by atoms with Crippen molar-refractivity contribution in [1.29, 1.82) is 0 Å². The van der Waals surface area contributed by atoms with Crippen molar-refractivity contribution in [2.75, 3.05) is 13.7 Å². The van der Waals surface area contributed by atoms with Gasteiger partial charge in [-0.1, -0.05) is 28.1 Å². The topological polar surface area (TPSA) is 64.6 Å². The highest BCUT2D eigenvalue weighted by atomic mass is 79.9. The number of carbonyl (C=O) groups excluding carboxylic acids is 2. The van der Waals surface area contributed by atoms with Crippen LogP contribution < -0.4 is 10.1 Å². The molecule has 0 spiro atoms. The summed E-state index contributed by atoms with van der Waals surface area (Å²) in [6, 6.07) is 11.0. The second-order valence-electron chi connectivity index (χ2n) is 4.81. The summed E-state index contributed by atoms with van der Waals surface area (Å²) in [5, 5.41) is 2.44. The van der Waals surface area contributed by atoms with Gasteiger partial charge in [0.2, 0.25) is 0 Å². The second kappa shape index (κ2) is 8.44. The number of nitrogens with one attached hydrogen (secondary N) is 1.